The molecule has 6 N–H and O–H groups in total. The number of aliphatic hydroxyl groups is 2. The van der Waals surface area contributed by atoms with E-state index in [9.17, 15) is 19.8 Å². The van der Waals surface area contributed by atoms with E-state index in [0.717, 1.165) is 38.9 Å². The molecule has 5 aromatic rings. The van der Waals surface area contributed by atoms with E-state index in [1.165, 1.54) is 0 Å². The first kappa shape index (κ1) is 41.3. The van der Waals surface area contributed by atoms with Crippen molar-refractivity contribution in [2.45, 2.75) is 82.8 Å². The van der Waals surface area contributed by atoms with Gasteiger partial charge in [-0.05, 0) is 72.3 Å². The topological polar surface area (TPSA) is 146 Å². The number of carbonyl (C=O) groups is 2. The minimum Gasteiger partial charge on any atom is -0.397 e. The molecule has 0 bridgehead atoms. The molecule has 1 aliphatic rings. The molecule has 1 aliphatic heterocycles. The predicted octanol–water partition coefficient (Wildman–Crippen LogP) is 7.84. The Kier molecular flexibility index (Phi) is 14.6. The number of nitrogen functional groups attached to an aromatic ring is 1. The summed E-state index contributed by atoms with van der Waals surface area (Å²) in [6.45, 7) is 2.97. The highest BCUT2D eigenvalue weighted by Crippen LogP contribution is 2.39. The largest absolute Gasteiger partial charge is 0.397 e. The third-order valence-electron chi connectivity index (χ3n) is 10.7. The van der Waals surface area contributed by atoms with E-state index in [4.69, 9.17) is 15.2 Å². The predicted molar refractivity (Wildman–Crippen MR) is 224 cm³/mol. The molecule has 0 aromatic heterocycles. The zero-order valence-corrected chi connectivity index (χ0v) is 32.7. The summed E-state index contributed by atoms with van der Waals surface area (Å²) >= 11 is 0. The van der Waals surface area contributed by atoms with Gasteiger partial charge in [0.2, 0.25) is 11.8 Å². The molecule has 5 aromatic carbocycles. The van der Waals surface area contributed by atoms with Gasteiger partial charge in [-0.1, -0.05) is 115 Å². The van der Waals surface area contributed by atoms with Crippen LogP contribution in [0.25, 0.3) is 11.1 Å². The number of nitrogens with one attached hydrogen (secondary N) is 2. The highest BCUT2D eigenvalue weighted by Gasteiger charge is 2.34. The molecule has 10 nitrogen and oxygen atoms in total. The number of carbonyl (C=O) groups excluding carboxylic acids is 2. The maximum Gasteiger partial charge on any atom is 0.224 e. The average Bonchev–Trinajstić information content (AvgIpc) is 3.25. The van der Waals surface area contributed by atoms with Crippen LogP contribution in [0.4, 0.5) is 11.4 Å². The fraction of sp³-hybridized carbons (Fsp3) is 0.319. The minimum absolute atomic E-state index is 0.0254. The van der Waals surface area contributed by atoms with Crippen LogP contribution >= 0.6 is 0 Å². The van der Waals surface area contributed by atoms with Gasteiger partial charge in [-0.15, -0.1) is 0 Å². The monoisotopic (exact) mass is 770 g/mol. The van der Waals surface area contributed by atoms with Crippen LogP contribution in [-0.2, 0) is 32.2 Å². The summed E-state index contributed by atoms with van der Waals surface area (Å²) in [7, 11) is 2.01. The van der Waals surface area contributed by atoms with E-state index in [0.29, 0.717) is 56.6 Å². The van der Waals surface area contributed by atoms with Gasteiger partial charge in [0.25, 0.3) is 0 Å². The van der Waals surface area contributed by atoms with Crippen LogP contribution in [0.1, 0.15) is 85.3 Å². The van der Waals surface area contributed by atoms with Gasteiger partial charge in [0, 0.05) is 44.0 Å². The summed E-state index contributed by atoms with van der Waals surface area (Å²) in [5, 5.41) is 26.6. The Bertz CT molecular complexity index is 2040. The molecule has 1 heterocycles. The molecule has 0 aliphatic carbocycles. The number of nitrogens with two attached hydrogens (primary N) is 1. The third kappa shape index (κ3) is 11.4. The van der Waals surface area contributed by atoms with Crippen LogP contribution in [0, 0.1) is 0 Å². The lowest BCUT2D eigenvalue weighted by Gasteiger charge is -2.39. The maximum atomic E-state index is 12.8. The van der Waals surface area contributed by atoms with E-state index >= 15 is 0 Å². The molecule has 1 saturated heterocycles. The molecule has 1 fully saturated rings. The first-order valence-corrected chi connectivity index (χ1v) is 19.7. The molecule has 0 saturated carbocycles. The number of aliphatic hydroxyl groups excluding tert-OH is 2. The summed E-state index contributed by atoms with van der Waals surface area (Å²) in [5.74, 6) is -0.190. The molecule has 0 radical (unpaired) electrons. The van der Waals surface area contributed by atoms with Gasteiger partial charge in [0.1, 0.15) is 0 Å². The van der Waals surface area contributed by atoms with Crippen molar-refractivity contribution in [1.82, 2.24) is 10.2 Å². The van der Waals surface area contributed by atoms with E-state index in [1.807, 2.05) is 117 Å². The second-order valence-corrected chi connectivity index (χ2v) is 14.8. The van der Waals surface area contributed by atoms with Gasteiger partial charge in [-0.3, -0.25) is 14.5 Å². The van der Waals surface area contributed by atoms with Gasteiger partial charge in [0.05, 0.1) is 36.3 Å². The van der Waals surface area contributed by atoms with Crippen molar-refractivity contribution in [3.8, 4) is 11.1 Å². The molecular formula is C47H54N4O6. The molecular weight excluding hydrogens is 717 g/mol. The van der Waals surface area contributed by atoms with Gasteiger partial charge >= 0.3 is 0 Å². The standard InChI is InChI=1S/C47H54N4O6/c1-32(46(55)36-12-4-3-5-13-36)51(2)30-39-28-43(35-22-20-33(31-52)21-23-35)57-47(56-39)37-26-24-34(25-27-37)40-15-7-6-14-38(40)29-49-44(53)18-10-11-19-45(54)50-42-17-9-8-16-41(42)48/h3-9,12-17,20-27,32,39,43,46-47,52,55H,10-11,18-19,28-31,48H2,1-2H3,(H,49,53)(H,50,54)/t32-,39-,43+,46-,47+/m0/s1. The Morgan fingerprint density at radius 3 is 2.18 bits per heavy atom. The van der Waals surface area contributed by atoms with Crippen molar-refractivity contribution in [2.24, 2.45) is 0 Å². The lowest BCUT2D eigenvalue weighted by molar-refractivity contribution is -0.253. The number of likely N-dealkylation sites (N-methyl/N-ethyl adjacent to an activating group) is 1. The lowest BCUT2D eigenvalue weighted by Crippen LogP contribution is -2.43. The van der Waals surface area contributed by atoms with Crippen LogP contribution in [0.5, 0.6) is 0 Å². The summed E-state index contributed by atoms with van der Waals surface area (Å²) in [4.78, 5) is 27.2. The van der Waals surface area contributed by atoms with Gasteiger partial charge in [-0.25, -0.2) is 0 Å². The average molecular weight is 771 g/mol. The molecule has 0 spiro atoms. The summed E-state index contributed by atoms with van der Waals surface area (Å²) < 4.78 is 13.2. The number of amides is 2. The number of rotatable bonds is 17. The van der Waals surface area contributed by atoms with Crippen LogP contribution < -0.4 is 16.4 Å². The number of anilines is 2. The lowest BCUT2D eigenvalue weighted by atomic mass is 9.97. The summed E-state index contributed by atoms with van der Waals surface area (Å²) in [5.41, 5.74) is 13.6. The number of hydrogen-bond donors (Lipinski definition) is 5. The molecule has 5 atom stereocenters. The number of ether oxygens (including phenoxy) is 2. The Morgan fingerprint density at radius 1 is 0.807 bits per heavy atom. The zero-order valence-electron chi connectivity index (χ0n) is 32.7. The van der Waals surface area contributed by atoms with Crippen molar-refractivity contribution in [1.29, 1.82) is 0 Å². The first-order valence-electron chi connectivity index (χ1n) is 19.7. The third-order valence-corrected chi connectivity index (χ3v) is 10.7. The smallest absolute Gasteiger partial charge is 0.224 e. The van der Waals surface area contributed by atoms with Crippen molar-refractivity contribution in [2.75, 3.05) is 24.6 Å². The molecule has 0 unspecified atom stereocenters. The zero-order chi connectivity index (χ0) is 40.1. The van der Waals surface area contributed by atoms with Crippen molar-refractivity contribution in [3.05, 3.63) is 155 Å². The number of nitrogens with zero attached hydrogens (tertiary/aromatic N) is 1. The van der Waals surface area contributed by atoms with E-state index in [-0.39, 0.29) is 36.7 Å². The molecule has 298 valence electrons. The van der Waals surface area contributed by atoms with E-state index in [1.54, 1.807) is 12.1 Å². The summed E-state index contributed by atoms with van der Waals surface area (Å²) in [6.07, 6.45) is 0.760. The van der Waals surface area contributed by atoms with Crippen LogP contribution in [-0.4, -0.2) is 52.7 Å². The van der Waals surface area contributed by atoms with E-state index in [2.05, 4.69) is 27.7 Å². The Labute approximate surface area is 335 Å². The molecule has 10 heteroatoms. The van der Waals surface area contributed by atoms with Crippen LogP contribution in [0.15, 0.2) is 127 Å². The van der Waals surface area contributed by atoms with Gasteiger partial charge in [0.15, 0.2) is 6.29 Å². The fourth-order valence-electron chi connectivity index (χ4n) is 7.14. The van der Waals surface area contributed by atoms with Crippen molar-refractivity contribution in [3.63, 3.8) is 0 Å². The highest BCUT2D eigenvalue weighted by molar-refractivity contribution is 5.93. The number of para-hydroxylation sites is 2. The second kappa shape index (κ2) is 20.2. The second-order valence-electron chi connectivity index (χ2n) is 14.8. The van der Waals surface area contributed by atoms with E-state index < -0.39 is 12.4 Å². The molecule has 2 amide bonds. The van der Waals surface area contributed by atoms with Crippen LogP contribution in [0.2, 0.25) is 0 Å². The molecule has 6 rings (SSSR count). The quantitative estimate of drug-likeness (QED) is 0.0475. The van der Waals surface area contributed by atoms with Crippen molar-refractivity contribution >= 4 is 23.2 Å². The minimum atomic E-state index is -0.650. The highest BCUT2D eigenvalue weighted by atomic mass is 16.7. The SMILES string of the molecule is C[C@@H]([C@H](O)c1ccccc1)N(C)C[C@@H]1C[C@H](c2ccc(CO)cc2)O[C@H](c2ccc(-c3ccccc3CNC(=O)CCCCC(=O)Nc3ccccc3N)cc2)O1. The van der Waals surface area contributed by atoms with Crippen LogP contribution in [0.3, 0.4) is 0 Å². The number of benzene rings is 5. The summed E-state index contributed by atoms with van der Waals surface area (Å²) in [6, 6.07) is 40.7. The fourth-order valence-corrected chi connectivity index (χ4v) is 7.14. The Morgan fingerprint density at radius 2 is 1.46 bits per heavy atom. The van der Waals surface area contributed by atoms with Gasteiger partial charge < -0.3 is 36.1 Å². The number of hydrogen-bond acceptors (Lipinski definition) is 8. The Hall–Kier alpha value is -5.36. The molecule has 57 heavy (non-hydrogen) atoms. The normalized spacial score (nSPS) is 17.8. The van der Waals surface area contributed by atoms with Crippen molar-refractivity contribution < 1.29 is 29.3 Å². The Balaban J connectivity index is 1.07. The van der Waals surface area contributed by atoms with Gasteiger partial charge in [-0.2, -0.15) is 0 Å². The first-order chi connectivity index (χ1) is 27.7. The number of unbranched alkanes of at least 4 members (excludes halogenated alkanes) is 1. The maximum absolute atomic E-state index is 12.8.